The average Bonchev–Trinajstić information content (AvgIpc) is 3.18. The van der Waals surface area contributed by atoms with Crippen molar-refractivity contribution in [3.05, 3.63) is 176 Å². The third kappa shape index (κ3) is 4.99. The lowest BCUT2D eigenvalue weighted by atomic mass is 9.91. The van der Waals surface area contributed by atoms with Gasteiger partial charge in [-0.15, -0.1) is 0 Å². The summed E-state index contributed by atoms with van der Waals surface area (Å²) in [4.78, 5) is 14.1. The van der Waals surface area contributed by atoms with Gasteiger partial charge < -0.3 is 0 Å². The fraction of sp³-hybridized carbons (Fsp3) is 0. The van der Waals surface area contributed by atoms with E-state index in [0.29, 0.717) is 0 Å². The molecule has 0 amide bonds. The van der Waals surface area contributed by atoms with Crippen LogP contribution in [0.5, 0.6) is 0 Å². The van der Waals surface area contributed by atoms with Gasteiger partial charge in [-0.1, -0.05) is 109 Å². The van der Waals surface area contributed by atoms with Gasteiger partial charge in [0.1, 0.15) is 0 Å². The minimum Gasteiger partial charge on any atom is -0.255 e. The van der Waals surface area contributed by atoms with E-state index in [-0.39, 0.29) is 0 Å². The lowest BCUT2D eigenvalue weighted by molar-refractivity contribution is 1.22. The van der Waals surface area contributed by atoms with E-state index in [2.05, 4.69) is 137 Å². The van der Waals surface area contributed by atoms with E-state index < -0.39 is 0 Å². The van der Waals surface area contributed by atoms with Crippen molar-refractivity contribution in [2.75, 3.05) is 0 Å². The van der Waals surface area contributed by atoms with Crippen LogP contribution in [-0.2, 0) is 0 Å². The van der Waals surface area contributed by atoms with E-state index in [9.17, 15) is 0 Å². The second-order valence-corrected chi connectivity index (χ2v) is 12.1. The van der Waals surface area contributed by atoms with Crippen LogP contribution in [0.1, 0.15) is 0 Å². The molecule has 0 aliphatic carbocycles. The van der Waals surface area contributed by atoms with Crippen LogP contribution in [0, 0.1) is 0 Å². The zero-order chi connectivity index (χ0) is 31.9. The highest BCUT2D eigenvalue weighted by atomic mass is 14.8. The molecule has 9 rings (SSSR count). The second kappa shape index (κ2) is 11.7. The van der Waals surface area contributed by atoms with Gasteiger partial charge in [0, 0.05) is 12.4 Å². The van der Waals surface area contributed by atoms with E-state index in [4.69, 9.17) is 4.98 Å². The third-order valence-electron chi connectivity index (χ3n) is 9.15. The Labute approximate surface area is 278 Å². The van der Waals surface area contributed by atoms with Crippen molar-refractivity contribution in [3.8, 4) is 56.2 Å². The first kappa shape index (κ1) is 27.8. The number of nitrogens with zero attached hydrogens (tertiary/aromatic N) is 3. The summed E-state index contributed by atoms with van der Waals surface area (Å²) in [5, 5.41) is 7.71. The quantitative estimate of drug-likeness (QED) is 0.182. The molecule has 0 bridgehead atoms. The van der Waals surface area contributed by atoms with E-state index in [1.807, 2.05) is 36.4 Å². The molecule has 224 valence electrons. The lowest BCUT2D eigenvalue weighted by Crippen LogP contribution is -1.94. The summed E-state index contributed by atoms with van der Waals surface area (Å²) in [7, 11) is 0. The Hall–Kier alpha value is -6.45. The normalized spacial score (nSPS) is 11.3. The van der Waals surface area contributed by atoms with Gasteiger partial charge in [-0.2, -0.15) is 0 Å². The number of hydrogen-bond acceptors (Lipinski definition) is 3. The molecule has 0 spiro atoms. The van der Waals surface area contributed by atoms with E-state index in [0.717, 1.165) is 39.5 Å². The molecule has 0 radical (unpaired) electrons. The van der Waals surface area contributed by atoms with Crippen molar-refractivity contribution < 1.29 is 0 Å². The van der Waals surface area contributed by atoms with Crippen molar-refractivity contribution in [1.82, 2.24) is 15.0 Å². The van der Waals surface area contributed by atoms with Crippen molar-refractivity contribution in [1.29, 1.82) is 0 Å². The first-order chi connectivity index (χ1) is 23.8. The van der Waals surface area contributed by atoms with Crippen molar-refractivity contribution in [2.24, 2.45) is 0 Å². The Balaban J connectivity index is 1.14. The molecular formula is C45H29N3. The molecule has 0 aliphatic heterocycles. The summed E-state index contributed by atoms with van der Waals surface area (Å²) in [6, 6.07) is 58.0. The van der Waals surface area contributed by atoms with Gasteiger partial charge in [0.15, 0.2) is 0 Å². The van der Waals surface area contributed by atoms with Crippen LogP contribution in [0.4, 0.5) is 0 Å². The summed E-state index contributed by atoms with van der Waals surface area (Å²) in [5.41, 5.74) is 10.2. The van der Waals surface area contributed by atoms with E-state index in [1.54, 1.807) is 12.4 Å². The Morgan fingerprint density at radius 1 is 0.250 bits per heavy atom. The molecule has 3 nitrogen and oxygen atoms in total. The Morgan fingerprint density at radius 2 is 0.667 bits per heavy atom. The summed E-state index contributed by atoms with van der Waals surface area (Å²) >= 11 is 0. The van der Waals surface area contributed by atoms with Gasteiger partial charge in [-0.25, -0.2) is 4.98 Å². The number of fused-ring (bicyclic) bond motifs is 6. The first-order valence-electron chi connectivity index (χ1n) is 16.2. The topological polar surface area (TPSA) is 38.7 Å². The summed E-state index contributed by atoms with van der Waals surface area (Å²) < 4.78 is 0. The van der Waals surface area contributed by atoms with Crippen LogP contribution in [-0.4, -0.2) is 15.0 Å². The van der Waals surface area contributed by atoms with Crippen molar-refractivity contribution in [2.45, 2.75) is 0 Å². The molecule has 3 heteroatoms. The van der Waals surface area contributed by atoms with Crippen LogP contribution in [0.3, 0.4) is 0 Å². The number of benzene rings is 6. The Morgan fingerprint density at radius 3 is 1.15 bits per heavy atom. The first-order valence-corrected chi connectivity index (χ1v) is 16.2. The minimum atomic E-state index is 0.817. The highest BCUT2D eigenvalue weighted by Crippen LogP contribution is 2.38. The number of aromatic nitrogens is 3. The minimum absolute atomic E-state index is 0.817. The highest BCUT2D eigenvalue weighted by molar-refractivity contribution is 6.25. The number of hydrogen-bond donors (Lipinski definition) is 0. The smallest absolute Gasteiger partial charge is 0.0900 e. The van der Waals surface area contributed by atoms with E-state index in [1.165, 1.54) is 49.0 Å². The van der Waals surface area contributed by atoms with Gasteiger partial charge in [0.25, 0.3) is 0 Å². The molecule has 6 aromatic carbocycles. The van der Waals surface area contributed by atoms with Gasteiger partial charge in [-0.3, -0.25) is 9.97 Å². The third-order valence-corrected chi connectivity index (χ3v) is 9.15. The maximum absolute atomic E-state index is 4.96. The van der Waals surface area contributed by atoms with Crippen LogP contribution in [0.2, 0.25) is 0 Å². The fourth-order valence-corrected chi connectivity index (χ4v) is 6.83. The zero-order valence-electron chi connectivity index (χ0n) is 26.1. The van der Waals surface area contributed by atoms with Gasteiger partial charge in [-0.05, 0) is 120 Å². The second-order valence-electron chi connectivity index (χ2n) is 12.1. The number of rotatable bonds is 5. The molecule has 0 saturated heterocycles. The van der Waals surface area contributed by atoms with Gasteiger partial charge >= 0.3 is 0 Å². The molecule has 3 aromatic heterocycles. The highest BCUT2D eigenvalue weighted by Gasteiger charge is 2.13. The molecule has 0 saturated carbocycles. The molecule has 48 heavy (non-hydrogen) atoms. The van der Waals surface area contributed by atoms with Gasteiger partial charge in [0.2, 0.25) is 0 Å². The summed E-state index contributed by atoms with van der Waals surface area (Å²) in [5.74, 6) is 0. The molecule has 0 N–H and O–H groups in total. The lowest BCUT2D eigenvalue weighted by Gasteiger charge is -2.13. The molecular weight excluding hydrogens is 583 g/mol. The molecule has 9 aromatic rings. The SMILES string of the molecule is c1ccc(-c2cc(-c3cccc(-c4cccc(-c5ccc6c7ccccc7c7ccccc7c6c5)c4)c3)cc(-c3ccccn3)n2)nc1. The molecule has 0 fully saturated rings. The van der Waals surface area contributed by atoms with Crippen LogP contribution in [0.25, 0.3) is 88.5 Å². The predicted octanol–water partition coefficient (Wildman–Crippen LogP) is 11.7. The maximum atomic E-state index is 4.96. The molecule has 0 atom stereocenters. The molecule has 0 aliphatic rings. The van der Waals surface area contributed by atoms with Crippen molar-refractivity contribution >= 4 is 32.3 Å². The largest absolute Gasteiger partial charge is 0.255 e. The maximum Gasteiger partial charge on any atom is 0.0900 e. The monoisotopic (exact) mass is 611 g/mol. The van der Waals surface area contributed by atoms with Crippen molar-refractivity contribution in [3.63, 3.8) is 0 Å². The van der Waals surface area contributed by atoms with Gasteiger partial charge in [0.05, 0.1) is 22.8 Å². The average molecular weight is 612 g/mol. The zero-order valence-corrected chi connectivity index (χ0v) is 26.1. The van der Waals surface area contributed by atoms with Crippen LogP contribution in [0.15, 0.2) is 176 Å². The van der Waals surface area contributed by atoms with Crippen LogP contribution < -0.4 is 0 Å². The summed E-state index contributed by atoms with van der Waals surface area (Å²) in [6.07, 6.45) is 3.61. The Bertz CT molecular complexity index is 2520. The standard InChI is InChI=1S/C45H29N3/c1-2-17-38-36(15-1)37-16-3-4-18-39(37)41-27-34(21-22-40(38)41)32-13-9-11-30(25-32)31-12-10-14-33(26-31)35-28-44(42-19-5-7-23-46-42)48-45(29-35)43-20-6-8-24-47-43/h1-29H. The fourth-order valence-electron chi connectivity index (χ4n) is 6.83. The molecule has 0 unspecified atom stereocenters. The molecule has 3 heterocycles. The number of pyridine rings is 3. The van der Waals surface area contributed by atoms with Crippen LogP contribution >= 0.6 is 0 Å². The summed E-state index contributed by atoms with van der Waals surface area (Å²) in [6.45, 7) is 0. The predicted molar refractivity (Wildman–Crippen MR) is 200 cm³/mol. The Kier molecular flexibility index (Phi) is 6.80. The van der Waals surface area contributed by atoms with E-state index >= 15 is 0 Å².